The van der Waals surface area contributed by atoms with Crippen LogP contribution in [0.25, 0.3) is 0 Å². The summed E-state index contributed by atoms with van der Waals surface area (Å²) in [5, 5.41) is 0.761. The minimum absolute atomic E-state index is 0.136. The molecule has 0 saturated heterocycles. The highest BCUT2D eigenvalue weighted by Crippen LogP contribution is 2.30. The highest BCUT2D eigenvalue weighted by molar-refractivity contribution is 6.18. The number of halogens is 3. The van der Waals surface area contributed by atoms with Crippen LogP contribution in [0.4, 0.5) is 13.2 Å². The van der Waals surface area contributed by atoms with Crippen molar-refractivity contribution in [1.29, 1.82) is 0 Å². The van der Waals surface area contributed by atoms with Crippen LogP contribution >= 0.6 is 0 Å². The molecule has 1 atom stereocenters. The van der Waals surface area contributed by atoms with Gasteiger partial charge in [-0.1, -0.05) is 26.0 Å². The zero-order valence-electron chi connectivity index (χ0n) is 15.0. The third-order valence-corrected chi connectivity index (χ3v) is 4.03. The number of nitrogens with zero attached hydrogens (tertiary/aromatic N) is 1. The number of allylic oxidation sites excluding steroid dienone is 5. The Morgan fingerprint density at radius 3 is 2.04 bits per heavy atom. The number of alkyl halides is 3. The van der Waals surface area contributed by atoms with Gasteiger partial charge < -0.3 is 0 Å². The van der Waals surface area contributed by atoms with Gasteiger partial charge in [-0.2, -0.15) is 18.2 Å². The highest BCUT2D eigenvalue weighted by Gasteiger charge is 2.36. The summed E-state index contributed by atoms with van der Waals surface area (Å²) >= 11 is 0. The van der Waals surface area contributed by atoms with Crippen LogP contribution in [0.15, 0.2) is 46.7 Å². The van der Waals surface area contributed by atoms with Gasteiger partial charge in [-0.25, -0.2) is 0 Å². The fraction of sp³-hybridized carbons (Fsp3) is 0.444. The second kappa shape index (κ2) is 7.72. The zero-order chi connectivity index (χ0) is 19.5. The van der Waals surface area contributed by atoms with Crippen LogP contribution in [0.1, 0.15) is 41.0 Å². The molecule has 1 aliphatic heterocycles. The predicted octanol–water partition coefficient (Wildman–Crippen LogP) is 4.19. The maximum Gasteiger partial charge on any atom is 0.416 e. The van der Waals surface area contributed by atoms with E-state index in [-0.39, 0.29) is 28.3 Å². The number of rotatable bonds is 6. The molecule has 25 heavy (non-hydrogen) atoms. The van der Waals surface area contributed by atoms with Gasteiger partial charge in [0.05, 0.1) is 5.57 Å². The molecule has 4 nitrogen and oxygen atoms in total. The zero-order valence-corrected chi connectivity index (χ0v) is 15.0. The van der Waals surface area contributed by atoms with Crippen molar-refractivity contribution in [1.82, 2.24) is 10.4 Å². The van der Waals surface area contributed by atoms with Crippen LogP contribution in [0, 0.1) is 5.92 Å². The number of hydrogen-bond acceptors (Lipinski definition) is 3. The number of nitrogens with one attached hydrogen (secondary N) is 1. The first-order valence-electron chi connectivity index (χ1n) is 7.89. The smallest absolute Gasteiger partial charge is 0.292 e. The van der Waals surface area contributed by atoms with Crippen LogP contribution in [0.5, 0.6) is 0 Å². The summed E-state index contributed by atoms with van der Waals surface area (Å²) in [4.78, 5) is 24.3. The second-order valence-electron chi connectivity index (χ2n) is 6.16. The first-order chi connectivity index (χ1) is 11.4. The Bertz CT molecular complexity index is 661. The van der Waals surface area contributed by atoms with Crippen molar-refractivity contribution < 1.29 is 22.8 Å². The highest BCUT2D eigenvalue weighted by atomic mass is 19.4. The Balaban J connectivity index is 3.29. The molecular formula is C18H23F3N2O2. The first kappa shape index (κ1) is 20.7. The van der Waals surface area contributed by atoms with Gasteiger partial charge in [0.1, 0.15) is 0 Å². The van der Waals surface area contributed by atoms with Gasteiger partial charge >= 0.3 is 6.18 Å². The molecule has 1 aliphatic rings. The molecule has 1 heterocycles. The SMILES string of the molecule is C=C(C)/C=C(\C=C(\NN1C(=O)C(C)=C(C)C1=O)C(C)CC)C(F)(F)F. The molecule has 0 spiro atoms. The molecule has 0 aromatic rings. The van der Waals surface area contributed by atoms with Crippen LogP contribution < -0.4 is 5.43 Å². The van der Waals surface area contributed by atoms with Crippen molar-refractivity contribution in [3.05, 3.63) is 46.7 Å². The molecule has 0 radical (unpaired) electrons. The van der Waals surface area contributed by atoms with E-state index in [0.717, 1.165) is 17.2 Å². The number of amides is 2. The summed E-state index contributed by atoms with van der Waals surface area (Å²) in [5.41, 5.74) is 2.61. The molecule has 1 N–H and O–H groups in total. The van der Waals surface area contributed by atoms with E-state index in [1.54, 1.807) is 13.8 Å². The van der Waals surface area contributed by atoms with Gasteiger partial charge in [-0.3, -0.25) is 15.0 Å². The van der Waals surface area contributed by atoms with Crippen LogP contribution in [-0.4, -0.2) is 23.0 Å². The fourth-order valence-electron chi connectivity index (χ4n) is 2.12. The second-order valence-corrected chi connectivity index (χ2v) is 6.16. The molecule has 1 unspecified atom stereocenters. The first-order valence-corrected chi connectivity index (χ1v) is 7.89. The topological polar surface area (TPSA) is 49.4 Å². The van der Waals surface area contributed by atoms with Crippen molar-refractivity contribution in [3.63, 3.8) is 0 Å². The summed E-state index contributed by atoms with van der Waals surface area (Å²) in [6.07, 6.45) is -2.21. The van der Waals surface area contributed by atoms with Crippen molar-refractivity contribution in [3.8, 4) is 0 Å². The predicted molar refractivity (Wildman–Crippen MR) is 89.9 cm³/mol. The van der Waals surface area contributed by atoms with Crippen LogP contribution in [0.2, 0.25) is 0 Å². The quantitative estimate of drug-likeness (QED) is 0.573. The van der Waals surface area contributed by atoms with Gasteiger partial charge in [-0.05, 0) is 45.3 Å². The van der Waals surface area contributed by atoms with E-state index in [1.807, 2.05) is 0 Å². The lowest BCUT2D eigenvalue weighted by Gasteiger charge is -2.24. The largest absolute Gasteiger partial charge is 0.416 e. The number of hydrazine groups is 1. The maximum absolute atomic E-state index is 13.3. The lowest BCUT2D eigenvalue weighted by atomic mass is 10.0. The van der Waals surface area contributed by atoms with E-state index >= 15 is 0 Å². The lowest BCUT2D eigenvalue weighted by Crippen LogP contribution is -2.44. The summed E-state index contributed by atoms with van der Waals surface area (Å²) in [7, 11) is 0. The number of carbonyl (C=O) groups is 2. The molecule has 0 aromatic heterocycles. The van der Waals surface area contributed by atoms with Gasteiger partial charge in [0.25, 0.3) is 11.8 Å². The third kappa shape index (κ3) is 4.84. The minimum atomic E-state index is -4.58. The van der Waals surface area contributed by atoms with E-state index in [4.69, 9.17) is 0 Å². The van der Waals surface area contributed by atoms with E-state index in [1.165, 1.54) is 20.8 Å². The summed E-state index contributed by atoms with van der Waals surface area (Å²) in [6, 6.07) is 0. The molecular weight excluding hydrogens is 333 g/mol. The summed E-state index contributed by atoms with van der Waals surface area (Å²) in [5.74, 6) is -1.44. The van der Waals surface area contributed by atoms with Crippen molar-refractivity contribution in [2.75, 3.05) is 0 Å². The molecule has 2 amide bonds. The van der Waals surface area contributed by atoms with E-state index < -0.39 is 23.6 Å². The summed E-state index contributed by atoms with van der Waals surface area (Å²) < 4.78 is 39.8. The minimum Gasteiger partial charge on any atom is -0.292 e. The van der Waals surface area contributed by atoms with E-state index in [9.17, 15) is 22.8 Å². The van der Waals surface area contributed by atoms with Crippen molar-refractivity contribution in [2.24, 2.45) is 5.92 Å². The van der Waals surface area contributed by atoms with Crippen LogP contribution in [0.3, 0.4) is 0 Å². The van der Waals surface area contributed by atoms with Crippen molar-refractivity contribution in [2.45, 2.75) is 47.2 Å². The molecule has 0 fully saturated rings. The maximum atomic E-state index is 13.3. The van der Waals surface area contributed by atoms with Crippen molar-refractivity contribution >= 4 is 11.8 Å². The molecule has 1 rings (SSSR count). The van der Waals surface area contributed by atoms with Gasteiger partial charge in [-0.15, -0.1) is 0 Å². The third-order valence-electron chi connectivity index (χ3n) is 4.03. The Labute approximate surface area is 145 Å². The van der Waals surface area contributed by atoms with E-state index in [0.29, 0.717) is 6.42 Å². The number of carbonyl (C=O) groups excluding carboxylic acids is 2. The Morgan fingerprint density at radius 1 is 1.20 bits per heavy atom. The monoisotopic (exact) mass is 356 g/mol. The summed E-state index contributed by atoms with van der Waals surface area (Å²) in [6.45, 7) is 11.5. The molecule has 0 aliphatic carbocycles. The van der Waals surface area contributed by atoms with Gasteiger partial charge in [0, 0.05) is 16.8 Å². The average Bonchev–Trinajstić information content (AvgIpc) is 2.68. The molecule has 0 aromatic carbocycles. The Hall–Kier alpha value is -2.31. The lowest BCUT2D eigenvalue weighted by molar-refractivity contribution is -0.140. The Kier molecular flexibility index (Phi) is 6.40. The molecule has 7 heteroatoms. The van der Waals surface area contributed by atoms with Gasteiger partial charge in [0.15, 0.2) is 0 Å². The Morgan fingerprint density at radius 2 is 1.68 bits per heavy atom. The van der Waals surface area contributed by atoms with E-state index in [2.05, 4.69) is 12.0 Å². The number of imide groups is 1. The molecule has 138 valence electrons. The fourth-order valence-corrected chi connectivity index (χ4v) is 2.12. The number of hydrogen-bond donors (Lipinski definition) is 1. The normalized spacial score (nSPS) is 18.2. The van der Waals surface area contributed by atoms with Gasteiger partial charge in [0.2, 0.25) is 0 Å². The molecule has 0 saturated carbocycles. The molecule has 0 bridgehead atoms. The average molecular weight is 356 g/mol. The standard InChI is InChI=1S/C18H23F3N2O2/c1-7-11(4)15(9-14(8-10(2)3)18(19,20)21)22-23-16(24)12(5)13(6)17(23)25/h8-9,11,22H,2,7H2,1,3-6H3/b14-8+,15-9+. The van der Waals surface area contributed by atoms with Crippen LogP contribution in [-0.2, 0) is 9.59 Å².